The fourth-order valence-electron chi connectivity index (χ4n) is 3.10. The topological polar surface area (TPSA) is 6.48 Å². The van der Waals surface area contributed by atoms with E-state index < -0.39 is 0 Å². The zero-order chi connectivity index (χ0) is 11.7. The molecule has 0 atom stereocenters. The van der Waals surface area contributed by atoms with Gasteiger partial charge in [-0.25, -0.2) is 0 Å². The molecule has 0 aromatic rings. The van der Waals surface area contributed by atoms with Gasteiger partial charge in [0.15, 0.2) is 0 Å². The average molecular weight is 220 g/mol. The summed E-state index contributed by atoms with van der Waals surface area (Å²) < 4.78 is 0. The number of hydrogen-bond acceptors (Lipinski definition) is 2. The van der Waals surface area contributed by atoms with Crippen LogP contribution in [0.2, 0.25) is 0 Å². The van der Waals surface area contributed by atoms with Crippen LogP contribution in [0.4, 0.5) is 0 Å². The van der Waals surface area contributed by atoms with Crippen LogP contribution in [-0.4, -0.2) is 38.0 Å². The van der Waals surface area contributed by atoms with Gasteiger partial charge < -0.3 is 9.80 Å². The van der Waals surface area contributed by atoms with E-state index in [1.807, 2.05) is 0 Å². The highest BCUT2D eigenvalue weighted by Gasteiger charge is 2.35. The first-order chi connectivity index (χ1) is 7.58. The molecule has 3 aliphatic carbocycles. The van der Waals surface area contributed by atoms with Crippen LogP contribution in [0, 0.1) is 11.8 Å². The molecular weight excluding hydrogens is 196 g/mol. The van der Waals surface area contributed by atoms with Gasteiger partial charge in [-0.05, 0) is 48.7 Å². The molecule has 3 aliphatic rings. The first kappa shape index (κ1) is 11.6. The zero-order valence-corrected chi connectivity index (χ0v) is 11.0. The molecule has 3 saturated carbocycles. The van der Waals surface area contributed by atoms with Crippen molar-refractivity contribution in [1.82, 2.24) is 9.80 Å². The van der Waals surface area contributed by atoms with Gasteiger partial charge >= 0.3 is 0 Å². The second kappa shape index (κ2) is 4.52. The molecule has 16 heavy (non-hydrogen) atoms. The van der Waals surface area contributed by atoms with Gasteiger partial charge in [0.2, 0.25) is 0 Å². The van der Waals surface area contributed by atoms with Crippen LogP contribution < -0.4 is 0 Å². The van der Waals surface area contributed by atoms with Gasteiger partial charge in [-0.15, -0.1) is 0 Å². The van der Waals surface area contributed by atoms with Gasteiger partial charge in [0.05, 0.1) is 0 Å². The maximum Gasteiger partial charge on any atom is 0.00557 e. The van der Waals surface area contributed by atoms with Crippen molar-refractivity contribution in [3.8, 4) is 0 Å². The summed E-state index contributed by atoms with van der Waals surface area (Å²) >= 11 is 0. The minimum atomic E-state index is 0.818. The highest BCUT2D eigenvalue weighted by atomic mass is 15.0. The van der Waals surface area contributed by atoms with Crippen LogP contribution in [-0.2, 0) is 0 Å². The lowest BCUT2D eigenvalue weighted by Gasteiger charge is -2.41. The van der Waals surface area contributed by atoms with Gasteiger partial charge in [0, 0.05) is 40.6 Å². The highest BCUT2D eigenvalue weighted by Crippen LogP contribution is 2.48. The van der Waals surface area contributed by atoms with Crippen molar-refractivity contribution in [2.24, 2.45) is 11.8 Å². The fraction of sp³-hybridized carbons (Fsp3) is 0.714. The normalized spacial score (nSPS) is 33.5. The van der Waals surface area contributed by atoms with Crippen molar-refractivity contribution in [2.45, 2.75) is 25.7 Å². The van der Waals surface area contributed by atoms with Gasteiger partial charge in [-0.3, -0.25) is 0 Å². The summed E-state index contributed by atoms with van der Waals surface area (Å²) in [6.07, 6.45) is 10.3. The molecule has 0 N–H and O–H groups in total. The SMILES string of the molecule is CN(C)/C=C1\C(=C\N(C)C)C2CCC1CC2. The van der Waals surface area contributed by atoms with Crippen molar-refractivity contribution in [3.63, 3.8) is 0 Å². The summed E-state index contributed by atoms with van der Waals surface area (Å²) in [6.45, 7) is 0. The van der Waals surface area contributed by atoms with Crippen molar-refractivity contribution >= 4 is 0 Å². The molecule has 0 unspecified atom stereocenters. The van der Waals surface area contributed by atoms with E-state index in [1.54, 1.807) is 11.1 Å². The Hall–Kier alpha value is -0.920. The lowest BCUT2D eigenvalue weighted by atomic mass is 9.65. The van der Waals surface area contributed by atoms with Gasteiger partial charge in [0.1, 0.15) is 0 Å². The first-order valence-corrected chi connectivity index (χ1v) is 6.34. The second-order valence-electron chi connectivity index (χ2n) is 5.64. The van der Waals surface area contributed by atoms with Gasteiger partial charge in [0.25, 0.3) is 0 Å². The van der Waals surface area contributed by atoms with E-state index in [0.717, 1.165) is 11.8 Å². The third-order valence-corrected chi connectivity index (χ3v) is 3.73. The minimum absolute atomic E-state index is 0.818. The molecular formula is C14H24N2. The number of hydrogen-bond donors (Lipinski definition) is 0. The van der Waals surface area contributed by atoms with Crippen molar-refractivity contribution in [1.29, 1.82) is 0 Å². The van der Waals surface area contributed by atoms with E-state index >= 15 is 0 Å². The average Bonchev–Trinajstić information content (AvgIpc) is 2.22. The van der Waals surface area contributed by atoms with Gasteiger partial charge in [-0.2, -0.15) is 0 Å². The van der Waals surface area contributed by atoms with Gasteiger partial charge in [-0.1, -0.05) is 0 Å². The lowest BCUT2D eigenvalue weighted by Crippen LogP contribution is -2.29. The molecule has 2 heteroatoms. The Balaban J connectivity index is 2.31. The quantitative estimate of drug-likeness (QED) is 0.706. The molecule has 3 fully saturated rings. The largest absolute Gasteiger partial charge is 0.383 e. The van der Waals surface area contributed by atoms with E-state index in [2.05, 4.69) is 50.4 Å². The van der Waals surface area contributed by atoms with E-state index in [0.29, 0.717) is 0 Å². The van der Waals surface area contributed by atoms with Crippen molar-refractivity contribution < 1.29 is 0 Å². The number of rotatable bonds is 2. The fourth-order valence-corrected chi connectivity index (χ4v) is 3.10. The highest BCUT2D eigenvalue weighted by molar-refractivity contribution is 5.38. The lowest BCUT2D eigenvalue weighted by molar-refractivity contribution is 0.285. The molecule has 0 aromatic heterocycles. The van der Waals surface area contributed by atoms with Crippen LogP contribution in [0.5, 0.6) is 0 Å². The van der Waals surface area contributed by atoms with Crippen LogP contribution >= 0.6 is 0 Å². The van der Waals surface area contributed by atoms with E-state index in [4.69, 9.17) is 0 Å². The summed E-state index contributed by atoms with van der Waals surface area (Å²) in [5.41, 5.74) is 3.20. The molecule has 0 amide bonds. The first-order valence-electron chi connectivity index (χ1n) is 6.34. The summed E-state index contributed by atoms with van der Waals surface area (Å²) in [5.74, 6) is 1.64. The number of fused-ring (bicyclic) bond motifs is 3. The van der Waals surface area contributed by atoms with E-state index in [9.17, 15) is 0 Å². The summed E-state index contributed by atoms with van der Waals surface area (Å²) in [7, 11) is 8.51. The Bertz CT molecular complexity index is 273. The van der Waals surface area contributed by atoms with E-state index in [-0.39, 0.29) is 0 Å². The van der Waals surface area contributed by atoms with Crippen molar-refractivity contribution in [2.75, 3.05) is 28.2 Å². The maximum atomic E-state index is 2.34. The monoisotopic (exact) mass is 220 g/mol. The summed E-state index contributed by atoms with van der Waals surface area (Å²) in [4.78, 5) is 4.39. The molecule has 3 rings (SSSR count). The Morgan fingerprint density at radius 2 is 1.06 bits per heavy atom. The molecule has 0 heterocycles. The molecule has 0 radical (unpaired) electrons. The Labute approximate surface area is 99.6 Å². The smallest absolute Gasteiger partial charge is 0.00557 e. The van der Waals surface area contributed by atoms with Crippen LogP contribution in [0.15, 0.2) is 23.5 Å². The van der Waals surface area contributed by atoms with Crippen LogP contribution in [0.1, 0.15) is 25.7 Å². The number of allylic oxidation sites excluding steroid dienone is 2. The molecule has 90 valence electrons. The molecule has 0 aromatic carbocycles. The molecule has 2 bridgehead atoms. The molecule has 2 nitrogen and oxygen atoms in total. The third-order valence-electron chi connectivity index (χ3n) is 3.73. The van der Waals surface area contributed by atoms with E-state index in [1.165, 1.54) is 25.7 Å². The Morgan fingerprint density at radius 3 is 1.31 bits per heavy atom. The summed E-state index contributed by atoms with van der Waals surface area (Å²) in [6, 6.07) is 0. The number of nitrogens with zero attached hydrogens (tertiary/aromatic N) is 2. The van der Waals surface area contributed by atoms with Crippen LogP contribution in [0.3, 0.4) is 0 Å². The predicted octanol–water partition coefficient (Wildman–Crippen LogP) is 2.70. The standard InChI is InChI=1S/C14H24N2/c1-15(2)9-13-11-5-7-12(8-6-11)14(13)10-16(3)4/h9-12H,5-8H2,1-4H3/b13-9-,14-10+. The Kier molecular flexibility index (Phi) is 3.27. The maximum absolute atomic E-state index is 2.34. The van der Waals surface area contributed by atoms with Crippen molar-refractivity contribution in [3.05, 3.63) is 23.5 Å². The Morgan fingerprint density at radius 1 is 0.750 bits per heavy atom. The minimum Gasteiger partial charge on any atom is -0.383 e. The summed E-state index contributed by atoms with van der Waals surface area (Å²) in [5, 5.41) is 0. The second-order valence-corrected chi connectivity index (χ2v) is 5.64. The molecule has 0 saturated heterocycles. The third kappa shape index (κ3) is 2.26. The van der Waals surface area contributed by atoms with Crippen LogP contribution in [0.25, 0.3) is 0 Å². The molecule has 0 aliphatic heterocycles. The molecule has 0 spiro atoms. The zero-order valence-electron chi connectivity index (χ0n) is 11.0. The predicted molar refractivity (Wildman–Crippen MR) is 69.0 cm³/mol.